The zero-order chi connectivity index (χ0) is 17.6. The monoisotopic (exact) mass is 355 g/mol. The van der Waals surface area contributed by atoms with Crippen LogP contribution in [0.4, 0.5) is 0 Å². The number of amides is 1. The van der Waals surface area contributed by atoms with Crippen molar-refractivity contribution in [3.8, 4) is 22.8 Å². The van der Waals surface area contributed by atoms with E-state index in [4.69, 9.17) is 9.47 Å². The molecule has 2 aromatic heterocycles. The summed E-state index contributed by atoms with van der Waals surface area (Å²) in [5, 5.41) is 5.64. The number of methoxy groups -OCH3 is 2. The summed E-state index contributed by atoms with van der Waals surface area (Å²) in [6, 6.07) is 9.02. The van der Waals surface area contributed by atoms with Crippen molar-refractivity contribution in [2.45, 2.75) is 6.54 Å². The fraction of sp³-hybridized carbons (Fsp3) is 0.167. The van der Waals surface area contributed by atoms with Crippen LogP contribution in [0.3, 0.4) is 0 Å². The number of thiazole rings is 1. The van der Waals surface area contributed by atoms with Crippen LogP contribution in [0.15, 0.2) is 48.1 Å². The quantitative estimate of drug-likeness (QED) is 0.735. The standard InChI is InChI=1S/C18H17N3O3S/c1-23-14-4-3-5-15(24-2)17(14)18(22)20-10-16-21-13(11-25-16)12-6-8-19-9-7-12/h3-9,11H,10H2,1-2H3,(H,20,22). The molecule has 0 saturated carbocycles. The Bertz CT molecular complexity index is 843. The topological polar surface area (TPSA) is 73.3 Å². The molecule has 0 unspecified atom stereocenters. The number of carbonyl (C=O) groups excluding carboxylic acids is 1. The van der Waals surface area contributed by atoms with Gasteiger partial charge in [-0.15, -0.1) is 11.3 Å². The average Bonchev–Trinajstić information content (AvgIpc) is 3.15. The van der Waals surface area contributed by atoms with Crippen molar-refractivity contribution in [3.05, 3.63) is 58.7 Å². The molecule has 1 N–H and O–H groups in total. The molecule has 0 fully saturated rings. The van der Waals surface area contributed by atoms with E-state index in [2.05, 4.69) is 15.3 Å². The van der Waals surface area contributed by atoms with E-state index >= 15 is 0 Å². The van der Waals surface area contributed by atoms with Crippen molar-refractivity contribution in [1.82, 2.24) is 15.3 Å². The molecule has 0 saturated heterocycles. The highest BCUT2D eigenvalue weighted by atomic mass is 32.1. The molecule has 0 aliphatic carbocycles. The van der Waals surface area contributed by atoms with Gasteiger partial charge in [-0.25, -0.2) is 4.98 Å². The predicted molar refractivity (Wildman–Crippen MR) is 96.1 cm³/mol. The molecule has 1 amide bonds. The Balaban J connectivity index is 1.72. The first-order valence-electron chi connectivity index (χ1n) is 7.57. The molecule has 128 valence electrons. The molecule has 3 rings (SSSR count). The first-order chi connectivity index (χ1) is 12.2. The molecule has 1 aromatic carbocycles. The average molecular weight is 355 g/mol. The summed E-state index contributed by atoms with van der Waals surface area (Å²) in [7, 11) is 3.04. The second-order valence-corrected chi connectivity index (χ2v) is 6.03. The Labute approximate surface area is 149 Å². The number of nitrogens with one attached hydrogen (secondary N) is 1. The Morgan fingerprint density at radius 2 is 1.80 bits per heavy atom. The van der Waals surface area contributed by atoms with E-state index in [-0.39, 0.29) is 5.91 Å². The number of aromatic nitrogens is 2. The van der Waals surface area contributed by atoms with E-state index in [1.54, 1.807) is 30.6 Å². The molecular weight excluding hydrogens is 338 g/mol. The molecule has 3 aromatic rings. The molecule has 0 aliphatic rings. The zero-order valence-corrected chi connectivity index (χ0v) is 14.7. The number of ether oxygens (including phenoxy) is 2. The van der Waals surface area contributed by atoms with Crippen LogP contribution in [0.1, 0.15) is 15.4 Å². The first-order valence-corrected chi connectivity index (χ1v) is 8.45. The third-order valence-electron chi connectivity index (χ3n) is 3.58. The summed E-state index contributed by atoms with van der Waals surface area (Å²) in [5.74, 6) is 0.664. The zero-order valence-electron chi connectivity index (χ0n) is 13.9. The van der Waals surface area contributed by atoms with Crippen LogP contribution in [0.25, 0.3) is 11.3 Å². The summed E-state index contributed by atoms with van der Waals surface area (Å²) in [6.07, 6.45) is 3.45. The smallest absolute Gasteiger partial charge is 0.259 e. The fourth-order valence-electron chi connectivity index (χ4n) is 2.37. The lowest BCUT2D eigenvalue weighted by molar-refractivity contribution is 0.0944. The minimum Gasteiger partial charge on any atom is -0.496 e. The van der Waals surface area contributed by atoms with Gasteiger partial charge in [0.1, 0.15) is 22.1 Å². The van der Waals surface area contributed by atoms with Crippen molar-refractivity contribution in [1.29, 1.82) is 0 Å². The number of hydrogen-bond acceptors (Lipinski definition) is 6. The maximum atomic E-state index is 12.6. The van der Waals surface area contributed by atoms with E-state index in [0.717, 1.165) is 16.3 Å². The van der Waals surface area contributed by atoms with Gasteiger partial charge in [0.2, 0.25) is 0 Å². The number of carbonyl (C=O) groups is 1. The summed E-state index contributed by atoms with van der Waals surface area (Å²) < 4.78 is 10.5. The summed E-state index contributed by atoms with van der Waals surface area (Å²) >= 11 is 1.49. The number of hydrogen-bond donors (Lipinski definition) is 1. The molecule has 7 heteroatoms. The number of nitrogens with zero attached hydrogens (tertiary/aromatic N) is 2. The largest absolute Gasteiger partial charge is 0.496 e. The van der Waals surface area contributed by atoms with Gasteiger partial charge in [-0.05, 0) is 24.3 Å². The second-order valence-electron chi connectivity index (χ2n) is 5.08. The minimum atomic E-state index is -0.269. The molecular formula is C18H17N3O3S. The van der Waals surface area contributed by atoms with Gasteiger partial charge < -0.3 is 14.8 Å². The third kappa shape index (κ3) is 3.77. The number of benzene rings is 1. The Morgan fingerprint density at radius 3 is 2.44 bits per heavy atom. The van der Waals surface area contributed by atoms with Crippen LogP contribution in [-0.2, 0) is 6.54 Å². The summed E-state index contributed by atoms with van der Waals surface area (Å²) in [6.45, 7) is 0.329. The van der Waals surface area contributed by atoms with Gasteiger partial charge in [0, 0.05) is 23.3 Å². The van der Waals surface area contributed by atoms with Crippen LogP contribution in [0.5, 0.6) is 11.5 Å². The Kier molecular flexibility index (Phi) is 5.25. The lowest BCUT2D eigenvalue weighted by Gasteiger charge is -2.12. The lowest BCUT2D eigenvalue weighted by Crippen LogP contribution is -2.24. The van der Waals surface area contributed by atoms with Crippen molar-refractivity contribution >= 4 is 17.2 Å². The molecule has 0 aliphatic heterocycles. The van der Waals surface area contributed by atoms with Crippen molar-refractivity contribution in [2.24, 2.45) is 0 Å². The normalized spacial score (nSPS) is 10.3. The maximum absolute atomic E-state index is 12.6. The minimum absolute atomic E-state index is 0.269. The van der Waals surface area contributed by atoms with E-state index in [1.807, 2.05) is 17.5 Å². The SMILES string of the molecule is COc1cccc(OC)c1C(=O)NCc1nc(-c2ccncc2)cs1. The highest BCUT2D eigenvalue weighted by Gasteiger charge is 2.18. The molecule has 6 nitrogen and oxygen atoms in total. The van der Waals surface area contributed by atoms with Gasteiger partial charge in [-0.1, -0.05) is 6.07 Å². The molecule has 25 heavy (non-hydrogen) atoms. The van der Waals surface area contributed by atoms with Gasteiger partial charge >= 0.3 is 0 Å². The van der Waals surface area contributed by atoms with E-state index in [9.17, 15) is 4.79 Å². The molecule has 0 radical (unpaired) electrons. The highest BCUT2D eigenvalue weighted by molar-refractivity contribution is 7.09. The van der Waals surface area contributed by atoms with E-state index < -0.39 is 0 Å². The van der Waals surface area contributed by atoms with Gasteiger partial charge in [-0.3, -0.25) is 9.78 Å². The second kappa shape index (κ2) is 7.76. The summed E-state index contributed by atoms with van der Waals surface area (Å²) in [5.41, 5.74) is 2.24. The van der Waals surface area contributed by atoms with Crippen molar-refractivity contribution < 1.29 is 14.3 Å². The molecule has 0 spiro atoms. The predicted octanol–water partition coefficient (Wildman–Crippen LogP) is 3.15. The first kappa shape index (κ1) is 16.9. The molecule has 0 atom stereocenters. The number of rotatable bonds is 6. The van der Waals surface area contributed by atoms with Crippen LogP contribution < -0.4 is 14.8 Å². The Hall–Kier alpha value is -2.93. The molecule has 0 bridgehead atoms. The van der Waals surface area contributed by atoms with E-state index in [0.29, 0.717) is 23.6 Å². The highest BCUT2D eigenvalue weighted by Crippen LogP contribution is 2.28. The Morgan fingerprint density at radius 1 is 1.12 bits per heavy atom. The van der Waals surface area contributed by atoms with Crippen molar-refractivity contribution in [3.63, 3.8) is 0 Å². The fourth-order valence-corrected chi connectivity index (χ4v) is 3.11. The number of pyridine rings is 1. The van der Waals surface area contributed by atoms with Crippen molar-refractivity contribution in [2.75, 3.05) is 14.2 Å². The van der Waals surface area contributed by atoms with Gasteiger partial charge in [0.15, 0.2) is 0 Å². The van der Waals surface area contributed by atoms with Crippen LogP contribution in [0.2, 0.25) is 0 Å². The van der Waals surface area contributed by atoms with Gasteiger partial charge in [0.05, 0.1) is 26.5 Å². The van der Waals surface area contributed by atoms with Gasteiger partial charge in [-0.2, -0.15) is 0 Å². The van der Waals surface area contributed by atoms with Crippen LogP contribution in [0, 0.1) is 0 Å². The van der Waals surface area contributed by atoms with E-state index in [1.165, 1.54) is 25.6 Å². The third-order valence-corrected chi connectivity index (χ3v) is 4.43. The van der Waals surface area contributed by atoms with Crippen LogP contribution >= 0.6 is 11.3 Å². The summed E-state index contributed by atoms with van der Waals surface area (Å²) in [4.78, 5) is 21.1. The van der Waals surface area contributed by atoms with Crippen LogP contribution in [-0.4, -0.2) is 30.1 Å². The maximum Gasteiger partial charge on any atom is 0.259 e. The van der Waals surface area contributed by atoms with Gasteiger partial charge in [0.25, 0.3) is 5.91 Å². The lowest BCUT2D eigenvalue weighted by atomic mass is 10.1. The molecule has 2 heterocycles.